The average molecular weight is 360 g/mol. The smallest absolute Gasteiger partial charge is 0.226 e. The van der Waals surface area contributed by atoms with Crippen LogP contribution >= 0.6 is 11.3 Å². The Bertz CT molecular complexity index is 791. The van der Waals surface area contributed by atoms with Gasteiger partial charge in [-0.3, -0.25) is 4.79 Å². The van der Waals surface area contributed by atoms with Gasteiger partial charge in [-0.1, -0.05) is 6.42 Å². The van der Waals surface area contributed by atoms with Crippen molar-refractivity contribution in [3.8, 4) is 17.0 Å². The molecule has 1 amide bonds. The molecule has 0 aliphatic heterocycles. The van der Waals surface area contributed by atoms with Crippen molar-refractivity contribution in [1.82, 2.24) is 4.98 Å². The summed E-state index contributed by atoms with van der Waals surface area (Å²) in [6.07, 6.45) is 5.73. The molecule has 2 aliphatic rings. The zero-order valence-corrected chi connectivity index (χ0v) is 14.9. The summed E-state index contributed by atoms with van der Waals surface area (Å²) in [5.74, 6) is 1.95. The van der Waals surface area contributed by atoms with Crippen molar-refractivity contribution >= 4 is 22.4 Å². The summed E-state index contributed by atoms with van der Waals surface area (Å²) in [6.45, 7) is 0. The zero-order chi connectivity index (χ0) is 17.4. The molecule has 1 aromatic carbocycles. The van der Waals surface area contributed by atoms with Gasteiger partial charge >= 0.3 is 0 Å². The first-order valence-electron chi connectivity index (χ1n) is 8.71. The first-order chi connectivity index (χ1) is 12.1. The van der Waals surface area contributed by atoms with Crippen molar-refractivity contribution in [3.63, 3.8) is 0 Å². The molecular formula is C19H21FN2O2S. The maximum absolute atomic E-state index is 13.8. The van der Waals surface area contributed by atoms with Crippen molar-refractivity contribution in [3.05, 3.63) is 29.4 Å². The predicted molar refractivity (Wildman–Crippen MR) is 96.2 cm³/mol. The van der Waals surface area contributed by atoms with Gasteiger partial charge < -0.3 is 10.1 Å². The molecule has 2 fully saturated rings. The van der Waals surface area contributed by atoms with Crippen LogP contribution in [-0.4, -0.2) is 18.0 Å². The number of benzene rings is 1. The van der Waals surface area contributed by atoms with Crippen LogP contribution in [0.2, 0.25) is 0 Å². The van der Waals surface area contributed by atoms with Gasteiger partial charge in [-0.05, 0) is 55.2 Å². The van der Waals surface area contributed by atoms with Gasteiger partial charge in [0.15, 0.2) is 16.7 Å². The Morgan fingerprint density at radius 2 is 2.28 bits per heavy atom. The van der Waals surface area contributed by atoms with E-state index in [4.69, 9.17) is 4.74 Å². The minimum atomic E-state index is -0.421. The summed E-state index contributed by atoms with van der Waals surface area (Å²) in [7, 11) is 1.44. The molecular weight excluding hydrogens is 339 g/mol. The fourth-order valence-electron chi connectivity index (χ4n) is 4.32. The molecule has 0 unspecified atom stereocenters. The number of hydrogen-bond donors (Lipinski definition) is 1. The molecule has 4 nitrogen and oxygen atoms in total. The number of carbonyl (C=O) groups is 1. The van der Waals surface area contributed by atoms with Crippen LogP contribution in [0, 0.1) is 23.6 Å². The average Bonchev–Trinajstić information content (AvgIpc) is 3.31. The third-order valence-electron chi connectivity index (χ3n) is 5.53. The molecule has 1 heterocycles. The van der Waals surface area contributed by atoms with E-state index in [1.807, 2.05) is 5.38 Å². The third kappa shape index (κ3) is 3.40. The fraction of sp³-hybridized carbons (Fsp3) is 0.474. The number of amides is 1. The quantitative estimate of drug-likeness (QED) is 0.839. The monoisotopic (exact) mass is 360 g/mol. The van der Waals surface area contributed by atoms with Gasteiger partial charge in [0.1, 0.15) is 0 Å². The van der Waals surface area contributed by atoms with Crippen LogP contribution in [0.5, 0.6) is 5.75 Å². The number of aromatic nitrogens is 1. The van der Waals surface area contributed by atoms with Gasteiger partial charge in [-0.25, -0.2) is 9.37 Å². The van der Waals surface area contributed by atoms with Crippen LogP contribution in [0.3, 0.4) is 0 Å². The number of anilines is 1. The topological polar surface area (TPSA) is 51.2 Å². The number of carbonyl (C=O) groups excluding carboxylic acids is 1. The second-order valence-corrected chi connectivity index (χ2v) is 7.93. The van der Waals surface area contributed by atoms with Crippen LogP contribution < -0.4 is 10.1 Å². The molecule has 2 saturated carbocycles. The van der Waals surface area contributed by atoms with Crippen molar-refractivity contribution in [1.29, 1.82) is 0 Å². The highest BCUT2D eigenvalue weighted by atomic mass is 32.1. The molecule has 6 heteroatoms. The summed E-state index contributed by atoms with van der Waals surface area (Å²) in [5.41, 5.74) is 1.32. The molecule has 2 aromatic rings. The summed E-state index contributed by atoms with van der Waals surface area (Å²) in [4.78, 5) is 16.7. The van der Waals surface area contributed by atoms with E-state index in [0.717, 1.165) is 11.8 Å². The number of rotatable bonds is 5. The van der Waals surface area contributed by atoms with Crippen LogP contribution in [0.15, 0.2) is 23.6 Å². The van der Waals surface area contributed by atoms with Crippen molar-refractivity contribution in [2.24, 2.45) is 17.8 Å². The fourth-order valence-corrected chi connectivity index (χ4v) is 5.06. The van der Waals surface area contributed by atoms with Gasteiger partial charge in [0.25, 0.3) is 0 Å². The molecule has 1 N–H and O–H groups in total. The molecule has 3 atom stereocenters. The molecule has 1 aromatic heterocycles. The number of nitrogens with zero attached hydrogens (tertiary/aromatic N) is 1. The molecule has 4 rings (SSSR count). The Labute approximate surface area is 150 Å². The highest BCUT2D eigenvalue weighted by Gasteiger charge is 2.40. The largest absolute Gasteiger partial charge is 0.494 e. The summed E-state index contributed by atoms with van der Waals surface area (Å²) < 4.78 is 18.8. The number of ether oxygens (including phenoxy) is 1. The predicted octanol–water partition coefficient (Wildman–Crippen LogP) is 4.72. The van der Waals surface area contributed by atoms with E-state index in [9.17, 15) is 9.18 Å². The first-order valence-corrected chi connectivity index (χ1v) is 9.59. The number of methoxy groups -OCH3 is 1. The highest BCUT2D eigenvalue weighted by Crippen LogP contribution is 2.49. The number of halogens is 1. The lowest BCUT2D eigenvalue weighted by molar-refractivity contribution is -0.117. The SMILES string of the molecule is COc1ccc(-c2csc(NC(=O)C[C@H]3C[C@H]4CC[C@H]3C4)n2)cc1F. The Balaban J connectivity index is 1.39. The second-order valence-electron chi connectivity index (χ2n) is 7.07. The minimum absolute atomic E-state index is 0.0411. The Hall–Kier alpha value is -1.95. The van der Waals surface area contributed by atoms with Crippen LogP contribution in [-0.2, 0) is 4.79 Å². The summed E-state index contributed by atoms with van der Waals surface area (Å²) in [6, 6.07) is 4.74. The van der Waals surface area contributed by atoms with Gasteiger partial charge in [0, 0.05) is 17.4 Å². The molecule has 0 spiro atoms. The van der Waals surface area contributed by atoms with E-state index in [1.54, 1.807) is 12.1 Å². The summed E-state index contributed by atoms with van der Waals surface area (Å²) in [5, 5.41) is 5.30. The van der Waals surface area contributed by atoms with Crippen LogP contribution in [0.4, 0.5) is 9.52 Å². The molecule has 25 heavy (non-hydrogen) atoms. The van der Waals surface area contributed by atoms with E-state index in [1.165, 1.54) is 50.2 Å². The second kappa shape index (κ2) is 6.75. The van der Waals surface area contributed by atoms with E-state index < -0.39 is 5.82 Å². The molecule has 132 valence electrons. The Morgan fingerprint density at radius 1 is 1.40 bits per heavy atom. The van der Waals surface area contributed by atoms with Crippen LogP contribution in [0.25, 0.3) is 11.3 Å². The van der Waals surface area contributed by atoms with Gasteiger partial charge in [0.05, 0.1) is 12.8 Å². The zero-order valence-electron chi connectivity index (χ0n) is 14.1. The Kier molecular flexibility index (Phi) is 4.46. The third-order valence-corrected chi connectivity index (χ3v) is 6.29. The highest BCUT2D eigenvalue weighted by molar-refractivity contribution is 7.14. The Morgan fingerprint density at radius 3 is 2.96 bits per heavy atom. The van der Waals surface area contributed by atoms with E-state index in [2.05, 4.69) is 10.3 Å². The normalized spacial score (nSPS) is 24.5. The molecule has 0 saturated heterocycles. The molecule has 0 radical (unpaired) electrons. The van der Waals surface area contributed by atoms with Crippen molar-refractivity contribution in [2.75, 3.05) is 12.4 Å². The van der Waals surface area contributed by atoms with E-state index in [0.29, 0.717) is 28.7 Å². The van der Waals surface area contributed by atoms with Crippen LogP contribution in [0.1, 0.15) is 32.1 Å². The lowest BCUT2D eigenvalue weighted by atomic mass is 9.86. The minimum Gasteiger partial charge on any atom is -0.494 e. The first kappa shape index (κ1) is 16.5. The molecule has 2 bridgehead atoms. The number of nitrogens with one attached hydrogen (secondary N) is 1. The summed E-state index contributed by atoms with van der Waals surface area (Å²) >= 11 is 1.37. The maximum Gasteiger partial charge on any atom is 0.226 e. The number of fused-ring (bicyclic) bond motifs is 2. The van der Waals surface area contributed by atoms with Gasteiger partial charge in [-0.15, -0.1) is 11.3 Å². The lowest BCUT2D eigenvalue weighted by Gasteiger charge is -2.20. The van der Waals surface area contributed by atoms with Crippen molar-refractivity contribution in [2.45, 2.75) is 32.1 Å². The van der Waals surface area contributed by atoms with Gasteiger partial charge in [-0.2, -0.15) is 0 Å². The maximum atomic E-state index is 13.8. The standard InChI is InChI=1S/C19H21FN2O2S/c1-24-17-5-4-13(8-15(17)20)16-10-25-19(21-16)22-18(23)9-14-7-11-2-3-12(14)6-11/h4-5,8,10-12,14H,2-3,6-7,9H2,1H3,(H,21,22,23)/t11-,12-,14+/m0/s1. The van der Waals surface area contributed by atoms with E-state index >= 15 is 0 Å². The molecule has 2 aliphatic carbocycles. The number of thiazole rings is 1. The van der Waals surface area contributed by atoms with Crippen molar-refractivity contribution < 1.29 is 13.9 Å². The van der Waals surface area contributed by atoms with E-state index in [-0.39, 0.29) is 11.7 Å². The van der Waals surface area contributed by atoms with Gasteiger partial charge in [0.2, 0.25) is 5.91 Å². The lowest BCUT2D eigenvalue weighted by Crippen LogP contribution is -2.20. The number of hydrogen-bond acceptors (Lipinski definition) is 4.